The zero-order valence-corrected chi connectivity index (χ0v) is 14.0. The molecule has 0 aliphatic carbocycles. The SMILES string of the molecule is COC(=O)[C@@H](C)CN=[N+]=[N-].COC(=O)[C@@H](C)COS(C)(=O)=O. The lowest BCUT2D eigenvalue weighted by Gasteiger charge is -2.07. The fourth-order valence-electron chi connectivity index (χ4n) is 0.930. The highest BCUT2D eigenvalue weighted by Gasteiger charge is 2.15. The molecule has 0 unspecified atom stereocenters. The second kappa shape index (κ2) is 11.8. The molecule has 0 saturated carbocycles. The van der Waals surface area contributed by atoms with Gasteiger partial charge in [-0.1, -0.05) is 12.0 Å². The third kappa shape index (κ3) is 13.2. The molecule has 0 aromatic rings. The van der Waals surface area contributed by atoms with Crippen LogP contribution in [0, 0.1) is 11.8 Å². The largest absolute Gasteiger partial charge is 0.469 e. The Bertz CT molecular complexity index is 500. The lowest BCUT2D eigenvalue weighted by molar-refractivity contribution is -0.146. The number of methoxy groups -OCH3 is 2. The minimum atomic E-state index is -3.47. The van der Waals surface area contributed by atoms with Crippen molar-refractivity contribution in [1.82, 2.24) is 0 Å². The molecular weight excluding hydrogens is 318 g/mol. The number of esters is 2. The zero-order valence-electron chi connectivity index (χ0n) is 13.2. The Labute approximate surface area is 129 Å². The van der Waals surface area contributed by atoms with Crippen molar-refractivity contribution in [3.63, 3.8) is 0 Å². The van der Waals surface area contributed by atoms with Gasteiger partial charge in [0.1, 0.15) is 0 Å². The molecule has 0 rings (SSSR count). The van der Waals surface area contributed by atoms with E-state index in [0.717, 1.165) is 6.26 Å². The lowest BCUT2D eigenvalue weighted by Crippen LogP contribution is -2.20. The van der Waals surface area contributed by atoms with Crippen LogP contribution >= 0.6 is 0 Å². The lowest BCUT2D eigenvalue weighted by atomic mass is 10.2. The fourth-order valence-corrected chi connectivity index (χ4v) is 1.38. The van der Waals surface area contributed by atoms with Crippen molar-refractivity contribution >= 4 is 22.1 Å². The molecule has 0 aromatic carbocycles. The van der Waals surface area contributed by atoms with Crippen LogP contribution in [0.5, 0.6) is 0 Å². The van der Waals surface area contributed by atoms with Crippen molar-refractivity contribution in [1.29, 1.82) is 0 Å². The van der Waals surface area contributed by atoms with Crippen LogP contribution < -0.4 is 0 Å². The van der Waals surface area contributed by atoms with Gasteiger partial charge in [0, 0.05) is 11.5 Å². The van der Waals surface area contributed by atoms with Gasteiger partial charge < -0.3 is 9.47 Å². The molecule has 0 spiro atoms. The predicted molar refractivity (Wildman–Crippen MR) is 77.2 cm³/mol. The van der Waals surface area contributed by atoms with Crippen LogP contribution in [0.15, 0.2) is 5.11 Å². The summed E-state index contributed by atoms with van der Waals surface area (Å²) in [5.74, 6) is -1.75. The molecule has 0 aliphatic rings. The second-order valence-corrected chi connectivity index (χ2v) is 5.89. The molecule has 0 fully saturated rings. The summed E-state index contributed by atoms with van der Waals surface area (Å²) in [6.45, 7) is 3.15. The minimum absolute atomic E-state index is 0.156. The highest BCUT2D eigenvalue weighted by atomic mass is 32.2. The maximum atomic E-state index is 10.7. The van der Waals surface area contributed by atoms with Crippen LogP contribution in [0.25, 0.3) is 10.4 Å². The van der Waals surface area contributed by atoms with E-state index in [4.69, 9.17) is 5.53 Å². The minimum Gasteiger partial charge on any atom is -0.469 e. The van der Waals surface area contributed by atoms with E-state index in [1.54, 1.807) is 6.92 Å². The summed E-state index contributed by atoms with van der Waals surface area (Å²) in [4.78, 5) is 23.9. The van der Waals surface area contributed by atoms with E-state index in [9.17, 15) is 18.0 Å². The van der Waals surface area contributed by atoms with E-state index in [-0.39, 0.29) is 25.0 Å². The van der Waals surface area contributed by atoms with Gasteiger partial charge in [-0.2, -0.15) is 8.42 Å². The number of azide groups is 1. The maximum Gasteiger partial charge on any atom is 0.310 e. The first-order valence-corrected chi connectivity index (χ1v) is 7.91. The molecule has 0 aromatic heterocycles. The molecule has 128 valence electrons. The number of carbonyl (C=O) groups is 2. The Balaban J connectivity index is 0. The normalized spacial score (nSPS) is 12.8. The molecule has 11 heteroatoms. The summed E-state index contributed by atoms with van der Waals surface area (Å²) < 4.78 is 34.1. The molecule has 0 saturated heterocycles. The van der Waals surface area contributed by atoms with Crippen LogP contribution in [-0.4, -0.2) is 54.0 Å². The highest BCUT2D eigenvalue weighted by Crippen LogP contribution is 2.00. The van der Waals surface area contributed by atoms with Crippen molar-refractivity contribution in [2.45, 2.75) is 13.8 Å². The smallest absolute Gasteiger partial charge is 0.310 e. The monoisotopic (exact) mass is 339 g/mol. The van der Waals surface area contributed by atoms with Gasteiger partial charge in [-0.15, -0.1) is 0 Å². The Morgan fingerprint density at radius 3 is 1.95 bits per heavy atom. The maximum absolute atomic E-state index is 10.7. The van der Waals surface area contributed by atoms with Crippen LogP contribution in [0.1, 0.15) is 13.8 Å². The third-order valence-electron chi connectivity index (χ3n) is 2.16. The predicted octanol–water partition coefficient (Wildman–Crippen LogP) is 0.878. The van der Waals surface area contributed by atoms with Gasteiger partial charge in [0.2, 0.25) is 0 Å². The van der Waals surface area contributed by atoms with Crippen molar-refractivity contribution in [3.8, 4) is 0 Å². The van der Waals surface area contributed by atoms with Gasteiger partial charge in [-0.3, -0.25) is 13.8 Å². The number of nitrogens with zero attached hydrogens (tertiary/aromatic N) is 3. The van der Waals surface area contributed by atoms with Crippen LogP contribution in [0.3, 0.4) is 0 Å². The number of carbonyl (C=O) groups excluding carboxylic acids is 2. The molecule has 0 radical (unpaired) electrons. The van der Waals surface area contributed by atoms with Gasteiger partial charge in [-0.05, 0) is 12.5 Å². The number of rotatable bonds is 7. The summed E-state index contributed by atoms with van der Waals surface area (Å²) in [5.41, 5.74) is 7.88. The molecule has 0 bridgehead atoms. The first-order valence-electron chi connectivity index (χ1n) is 6.09. The van der Waals surface area contributed by atoms with E-state index >= 15 is 0 Å². The Morgan fingerprint density at radius 1 is 1.14 bits per heavy atom. The van der Waals surface area contributed by atoms with E-state index < -0.39 is 22.0 Å². The van der Waals surface area contributed by atoms with Crippen LogP contribution in [0.2, 0.25) is 0 Å². The van der Waals surface area contributed by atoms with Crippen molar-refractivity contribution in [2.24, 2.45) is 17.0 Å². The summed E-state index contributed by atoms with van der Waals surface area (Å²) in [6, 6.07) is 0. The number of hydrogen-bond donors (Lipinski definition) is 0. The molecule has 10 nitrogen and oxygen atoms in total. The Kier molecular flexibility index (Phi) is 12.0. The third-order valence-corrected chi connectivity index (χ3v) is 2.72. The van der Waals surface area contributed by atoms with Crippen molar-refractivity contribution in [3.05, 3.63) is 10.4 Å². The Morgan fingerprint density at radius 2 is 1.59 bits per heavy atom. The molecule has 22 heavy (non-hydrogen) atoms. The fraction of sp³-hybridized carbons (Fsp3) is 0.818. The second-order valence-electron chi connectivity index (χ2n) is 4.25. The molecule has 0 heterocycles. The topological polar surface area (TPSA) is 145 Å². The first-order chi connectivity index (χ1) is 10.1. The van der Waals surface area contributed by atoms with Gasteiger partial charge in [0.25, 0.3) is 10.1 Å². The van der Waals surface area contributed by atoms with Gasteiger partial charge in [0.15, 0.2) is 0 Å². The number of hydrogen-bond acceptors (Lipinski definition) is 8. The van der Waals surface area contributed by atoms with Gasteiger partial charge in [-0.25, -0.2) is 0 Å². The van der Waals surface area contributed by atoms with Gasteiger partial charge in [0.05, 0.1) is 38.9 Å². The van der Waals surface area contributed by atoms with Crippen molar-refractivity contribution < 1.29 is 31.7 Å². The zero-order chi connectivity index (χ0) is 17.8. The van der Waals surface area contributed by atoms with E-state index in [2.05, 4.69) is 23.7 Å². The van der Waals surface area contributed by atoms with Crippen LogP contribution in [0.4, 0.5) is 0 Å². The molecular formula is C11H21N3O7S. The summed E-state index contributed by atoms with van der Waals surface area (Å²) in [5, 5.41) is 3.22. The molecule has 0 amide bonds. The van der Waals surface area contributed by atoms with E-state index in [1.807, 2.05) is 0 Å². The quantitative estimate of drug-likeness (QED) is 0.220. The average molecular weight is 339 g/mol. The summed E-state index contributed by atoms with van der Waals surface area (Å²) in [7, 11) is -0.933. The highest BCUT2D eigenvalue weighted by molar-refractivity contribution is 7.85. The van der Waals surface area contributed by atoms with Crippen molar-refractivity contribution in [2.75, 3.05) is 33.6 Å². The molecule has 0 N–H and O–H groups in total. The standard InChI is InChI=1S/C6H12O5S.C5H9N3O2/c1-5(6(7)10-2)4-11-12(3,8)9;1-4(3-7-8-6)5(9)10-2/h5H,4H2,1-3H3;4H,3H2,1-2H3/t5-;4-/m00/s1. The molecule has 0 aliphatic heterocycles. The number of ether oxygens (including phenoxy) is 2. The molecule has 2 atom stereocenters. The summed E-state index contributed by atoms with van der Waals surface area (Å²) >= 11 is 0. The van der Waals surface area contributed by atoms with E-state index in [0.29, 0.717) is 0 Å². The van der Waals surface area contributed by atoms with E-state index in [1.165, 1.54) is 21.1 Å². The first kappa shape index (κ1) is 22.4. The Hall–Kier alpha value is -1.84. The van der Waals surface area contributed by atoms with Crippen LogP contribution in [-0.2, 0) is 33.4 Å². The van der Waals surface area contributed by atoms with Gasteiger partial charge >= 0.3 is 11.9 Å². The average Bonchev–Trinajstić information content (AvgIpc) is 2.48. The summed E-state index contributed by atoms with van der Waals surface area (Å²) in [6.07, 6.45) is 0.928.